The Bertz CT molecular complexity index is 426. The van der Waals surface area contributed by atoms with Gasteiger partial charge in [0, 0.05) is 13.2 Å². The number of aromatic nitrogens is 1. The molecule has 0 bridgehead atoms. The van der Waals surface area contributed by atoms with E-state index in [0.29, 0.717) is 11.4 Å². The van der Waals surface area contributed by atoms with Crippen LogP contribution in [0.25, 0.3) is 0 Å². The number of hydrogen-bond donors (Lipinski definition) is 2. The fraction of sp³-hybridized carbons (Fsp3) is 0.455. The van der Waals surface area contributed by atoms with Crippen LogP contribution in [0.1, 0.15) is 24.3 Å². The smallest absolute Gasteiger partial charge is 0.328 e. The molecule has 0 fully saturated rings. The second-order valence-corrected chi connectivity index (χ2v) is 3.72. The number of carbonyl (C=O) groups is 2. The molecule has 6 nitrogen and oxygen atoms in total. The lowest BCUT2D eigenvalue weighted by molar-refractivity contribution is -0.144. The standard InChI is InChI=1S/C11H17N3O3/c1-4-17-11(16)7(2)13-10(15)9-5-8(12)6-14(9)3/h5-7H,4,12H2,1-3H3,(H,13,15). The van der Waals surface area contributed by atoms with Gasteiger partial charge in [-0.3, -0.25) is 4.79 Å². The largest absolute Gasteiger partial charge is 0.464 e. The van der Waals surface area contributed by atoms with Crippen molar-refractivity contribution in [3.63, 3.8) is 0 Å². The Kier molecular flexibility index (Phi) is 4.14. The SMILES string of the molecule is CCOC(=O)C(C)NC(=O)c1cc(N)cn1C. The van der Waals surface area contributed by atoms with Gasteiger partial charge in [0.2, 0.25) is 0 Å². The minimum absolute atomic E-state index is 0.288. The van der Waals surface area contributed by atoms with Crippen LogP contribution in [0, 0.1) is 0 Å². The summed E-state index contributed by atoms with van der Waals surface area (Å²) in [5.41, 5.74) is 6.47. The minimum atomic E-state index is -0.682. The summed E-state index contributed by atoms with van der Waals surface area (Å²) in [6.07, 6.45) is 1.63. The molecule has 94 valence electrons. The molecule has 0 aliphatic heterocycles. The lowest BCUT2D eigenvalue weighted by Crippen LogP contribution is -2.40. The Hall–Kier alpha value is -1.98. The van der Waals surface area contributed by atoms with Gasteiger partial charge in [0.15, 0.2) is 0 Å². The molecule has 1 heterocycles. The first kappa shape index (κ1) is 13.1. The molecule has 0 spiro atoms. The van der Waals surface area contributed by atoms with Crippen molar-refractivity contribution >= 4 is 17.6 Å². The summed E-state index contributed by atoms with van der Waals surface area (Å²) >= 11 is 0. The third kappa shape index (κ3) is 3.24. The van der Waals surface area contributed by atoms with E-state index >= 15 is 0 Å². The third-order valence-corrected chi connectivity index (χ3v) is 2.25. The summed E-state index contributed by atoms with van der Waals surface area (Å²) in [6, 6.07) is 0.867. The van der Waals surface area contributed by atoms with E-state index in [1.165, 1.54) is 0 Å². The number of amides is 1. The zero-order valence-corrected chi connectivity index (χ0v) is 10.2. The Morgan fingerprint density at radius 3 is 2.71 bits per heavy atom. The molecule has 1 unspecified atom stereocenters. The topological polar surface area (TPSA) is 86.3 Å². The number of ether oxygens (including phenoxy) is 1. The molecule has 0 aromatic carbocycles. The van der Waals surface area contributed by atoms with Gasteiger partial charge in [0.1, 0.15) is 11.7 Å². The fourth-order valence-corrected chi connectivity index (χ4v) is 1.41. The number of rotatable bonds is 4. The molecule has 17 heavy (non-hydrogen) atoms. The van der Waals surface area contributed by atoms with Crippen LogP contribution in [0.15, 0.2) is 12.3 Å². The number of esters is 1. The first-order chi connectivity index (χ1) is 7.95. The van der Waals surface area contributed by atoms with Gasteiger partial charge in [-0.2, -0.15) is 0 Å². The van der Waals surface area contributed by atoms with Crippen LogP contribution in [0.4, 0.5) is 5.69 Å². The van der Waals surface area contributed by atoms with Crippen molar-refractivity contribution in [1.82, 2.24) is 9.88 Å². The van der Waals surface area contributed by atoms with Crippen molar-refractivity contribution in [2.24, 2.45) is 7.05 Å². The van der Waals surface area contributed by atoms with Gasteiger partial charge in [0.05, 0.1) is 12.3 Å². The van der Waals surface area contributed by atoms with Crippen LogP contribution in [0.5, 0.6) is 0 Å². The molecule has 0 aliphatic carbocycles. The zero-order chi connectivity index (χ0) is 13.0. The van der Waals surface area contributed by atoms with Gasteiger partial charge in [-0.05, 0) is 19.9 Å². The molecule has 1 amide bonds. The number of nitrogens with two attached hydrogens (primary N) is 1. The maximum Gasteiger partial charge on any atom is 0.328 e. The first-order valence-corrected chi connectivity index (χ1v) is 5.35. The second-order valence-electron chi connectivity index (χ2n) is 3.72. The average Bonchev–Trinajstić information content (AvgIpc) is 2.58. The highest BCUT2D eigenvalue weighted by molar-refractivity contribution is 5.96. The van der Waals surface area contributed by atoms with Gasteiger partial charge in [-0.1, -0.05) is 0 Å². The monoisotopic (exact) mass is 239 g/mol. The summed E-state index contributed by atoms with van der Waals surface area (Å²) in [5, 5.41) is 2.55. The minimum Gasteiger partial charge on any atom is -0.464 e. The second kappa shape index (κ2) is 5.38. The quantitative estimate of drug-likeness (QED) is 0.739. The van der Waals surface area contributed by atoms with Gasteiger partial charge in [-0.25, -0.2) is 4.79 Å². The maximum atomic E-state index is 11.8. The number of nitrogens with zero attached hydrogens (tertiary/aromatic N) is 1. The number of hydrogen-bond acceptors (Lipinski definition) is 4. The van der Waals surface area contributed by atoms with Crippen molar-refractivity contribution in [3.05, 3.63) is 18.0 Å². The Morgan fingerprint density at radius 2 is 2.24 bits per heavy atom. The van der Waals surface area contributed by atoms with Crippen LogP contribution < -0.4 is 11.1 Å². The van der Waals surface area contributed by atoms with Crippen LogP contribution in [0.2, 0.25) is 0 Å². The van der Waals surface area contributed by atoms with Crippen LogP contribution in [0.3, 0.4) is 0 Å². The highest BCUT2D eigenvalue weighted by Crippen LogP contribution is 2.08. The molecule has 3 N–H and O–H groups in total. The predicted molar refractivity (Wildman–Crippen MR) is 63.4 cm³/mol. The number of nitrogens with one attached hydrogen (secondary N) is 1. The zero-order valence-electron chi connectivity index (χ0n) is 10.2. The molecule has 0 aliphatic rings. The summed E-state index contributed by atoms with van der Waals surface area (Å²) < 4.78 is 6.39. The van der Waals surface area contributed by atoms with Crippen molar-refractivity contribution in [2.75, 3.05) is 12.3 Å². The molecule has 1 atom stereocenters. The Morgan fingerprint density at radius 1 is 1.59 bits per heavy atom. The van der Waals surface area contributed by atoms with E-state index in [2.05, 4.69) is 5.32 Å². The van der Waals surface area contributed by atoms with Crippen molar-refractivity contribution in [1.29, 1.82) is 0 Å². The van der Waals surface area contributed by atoms with E-state index in [-0.39, 0.29) is 12.5 Å². The van der Waals surface area contributed by atoms with E-state index in [0.717, 1.165) is 0 Å². The lowest BCUT2D eigenvalue weighted by Gasteiger charge is -2.12. The Balaban J connectivity index is 2.66. The summed E-state index contributed by atoms with van der Waals surface area (Å²) in [7, 11) is 1.71. The molecule has 0 saturated heterocycles. The van der Waals surface area contributed by atoms with E-state index < -0.39 is 12.0 Å². The third-order valence-electron chi connectivity index (χ3n) is 2.25. The number of anilines is 1. The highest BCUT2D eigenvalue weighted by atomic mass is 16.5. The van der Waals surface area contributed by atoms with Crippen LogP contribution >= 0.6 is 0 Å². The van der Waals surface area contributed by atoms with Crippen molar-refractivity contribution in [2.45, 2.75) is 19.9 Å². The van der Waals surface area contributed by atoms with E-state index in [9.17, 15) is 9.59 Å². The molecule has 1 aromatic rings. The average molecular weight is 239 g/mol. The van der Waals surface area contributed by atoms with Crippen molar-refractivity contribution in [3.8, 4) is 0 Å². The predicted octanol–water partition coefficient (Wildman–Crippen LogP) is 0.289. The van der Waals surface area contributed by atoms with Gasteiger partial charge >= 0.3 is 5.97 Å². The normalized spacial score (nSPS) is 11.9. The van der Waals surface area contributed by atoms with Gasteiger partial charge in [0.25, 0.3) is 5.91 Å². The highest BCUT2D eigenvalue weighted by Gasteiger charge is 2.19. The van der Waals surface area contributed by atoms with E-state index in [4.69, 9.17) is 10.5 Å². The van der Waals surface area contributed by atoms with Gasteiger partial charge < -0.3 is 20.4 Å². The summed E-state index contributed by atoms with van der Waals surface area (Å²) in [4.78, 5) is 23.1. The summed E-state index contributed by atoms with van der Waals surface area (Å²) in [6.45, 7) is 3.57. The maximum absolute atomic E-state index is 11.8. The Labute approximate surface area is 99.7 Å². The fourth-order valence-electron chi connectivity index (χ4n) is 1.41. The van der Waals surface area contributed by atoms with E-state index in [1.807, 2.05) is 0 Å². The molecule has 1 aromatic heterocycles. The van der Waals surface area contributed by atoms with Crippen LogP contribution in [-0.4, -0.2) is 29.1 Å². The van der Waals surface area contributed by atoms with Crippen molar-refractivity contribution < 1.29 is 14.3 Å². The summed E-state index contributed by atoms with van der Waals surface area (Å²) in [5.74, 6) is -0.812. The number of aryl methyl sites for hydroxylation is 1. The number of carbonyl (C=O) groups excluding carboxylic acids is 2. The lowest BCUT2D eigenvalue weighted by atomic mass is 10.3. The molecular formula is C11H17N3O3. The molecule has 1 rings (SSSR count). The first-order valence-electron chi connectivity index (χ1n) is 5.35. The molecule has 0 radical (unpaired) electrons. The molecule has 6 heteroatoms. The van der Waals surface area contributed by atoms with Crippen LogP contribution in [-0.2, 0) is 16.6 Å². The van der Waals surface area contributed by atoms with E-state index in [1.54, 1.807) is 37.7 Å². The van der Waals surface area contributed by atoms with Gasteiger partial charge in [-0.15, -0.1) is 0 Å². The molecule has 0 saturated carbocycles. The molecular weight excluding hydrogens is 222 g/mol. The number of nitrogen functional groups attached to an aromatic ring is 1.